The normalized spacial score (nSPS) is 19.4. The minimum atomic E-state index is -0.541. The van der Waals surface area contributed by atoms with Crippen molar-refractivity contribution in [1.82, 2.24) is 0 Å². The molecule has 1 amide bonds. The predicted octanol–water partition coefficient (Wildman–Crippen LogP) is 5.29. The first-order chi connectivity index (χ1) is 12.9. The summed E-state index contributed by atoms with van der Waals surface area (Å²) in [5.41, 5.74) is 3.00. The van der Waals surface area contributed by atoms with Crippen molar-refractivity contribution >= 4 is 52.4 Å². The summed E-state index contributed by atoms with van der Waals surface area (Å²) < 4.78 is 5.26. The van der Waals surface area contributed by atoms with Crippen LogP contribution in [0.25, 0.3) is 0 Å². The lowest BCUT2D eigenvalue weighted by Crippen LogP contribution is -2.37. The molecular formula is C20H14Cl3NO3. The van der Waals surface area contributed by atoms with E-state index in [2.05, 4.69) is 0 Å². The van der Waals surface area contributed by atoms with E-state index in [9.17, 15) is 9.59 Å². The fourth-order valence-electron chi connectivity index (χ4n) is 3.56. The van der Waals surface area contributed by atoms with Crippen LogP contribution in [0.5, 0.6) is 0 Å². The minimum Gasteiger partial charge on any atom is -0.456 e. The lowest BCUT2D eigenvalue weighted by Gasteiger charge is -2.32. The third kappa shape index (κ3) is 3.02. The molecule has 1 atom stereocenters. The van der Waals surface area contributed by atoms with Crippen molar-refractivity contribution in [2.75, 3.05) is 11.5 Å². The second-order valence-electron chi connectivity index (χ2n) is 6.49. The molecule has 0 radical (unpaired) electrons. The van der Waals surface area contributed by atoms with Crippen LogP contribution in [0, 0.1) is 6.92 Å². The van der Waals surface area contributed by atoms with Crippen molar-refractivity contribution in [3.63, 3.8) is 0 Å². The standard InChI is InChI=1S/C20H14Cl3NO3/c1-10-5-6-11(7-15(10)23)24-16-9-27-20(26)19(16)12(8-17(24)25)18-13(21)3-2-4-14(18)22/h2-7,12H,8-9H2,1H3. The number of hydrogen-bond acceptors (Lipinski definition) is 3. The molecule has 0 aliphatic carbocycles. The third-order valence-corrected chi connectivity index (χ3v) is 5.95. The first-order valence-corrected chi connectivity index (χ1v) is 9.45. The van der Waals surface area contributed by atoms with Gasteiger partial charge in [0.25, 0.3) is 0 Å². The number of halogens is 3. The Morgan fingerprint density at radius 1 is 1.04 bits per heavy atom. The molecule has 2 heterocycles. The summed E-state index contributed by atoms with van der Waals surface area (Å²) in [5, 5.41) is 1.38. The highest BCUT2D eigenvalue weighted by Crippen LogP contribution is 2.46. The van der Waals surface area contributed by atoms with Gasteiger partial charge in [-0.1, -0.05) is 46.9 Å². The van der Waals surface area contributed by atoms with Crippen LogP contribution < -0.4 is 4.90 Å². The summed E-state index contributed by atoms with van der Waals surface area (Å²) in [6.07, 6.45) is 0.0584. The second kappa shape index (κ2) is 6.86. The molecule has 1 unspecified atom stereocenters. The van der Waals surface area contributed by atoms with Gasteiger partial charge in [0, 0.05) is 27.4 Å². The van der Waals surface area contributed by atoms with Crippen LogP contribution in [0.2, 0.25) is 15.1 Å². The van der Waals surface area contributed by atoms with Crippen LogP contribution in [0.3, 0.4) is 0 Å². The van der Waals surface area contributed by atoms with Gasteiger partial charge in [0.15, 0.2) is 0 Å². The number of amides is 1. The molecule has 2 aromatic rings. The van der Waals surface area contributed by atoms with Crippen LogP contribution in [0.15, 0.2) is 47.7 Å². The number of hydrogen-bond donors (Lipinski definition) is 0. The van der Waals surface area contributed by atoms with Gasteiger partial charge >= 0.3 is 5.97 Å². The van der Waals surface area contributed by atoms with E-state index in [4.69, 9.17) is 39.5 Å². The SMILES string of the molecule is Cc1ccc(N2C(=O)CC(c3c(Cl)cccc3Cl)C3=C2COC3=O)cc1Cl. The summed E-state index contributed by atoms with van der Waals surface area (Å²) >= 11 is 18.9. The molecule has 4 nitrogen and oxygen atoms in total. The number of benzene rings is 2. The highest BCUT2D eigenvalue weighted by Gasteiger charge is 2.44. The lowest BCUT2D eigenvalue weighted by molar-refractivity contribution is -0.136. The largest absolute Gasteiger partial charge is 0.456 e. The fraction of sp³-hybridized carbons (Fsp3) is 0.200. The number of cyclic esters (lactones) is 1. The molecular weight excluding hydrogens is 409 g/mol. The van der Waals surface area contributed by atoms with E-state index in [0.717, 1.165) is 5.56 Å². The van der Waals surface area contributed by atoms with Crippen LogP contribution in [0.4, 0.5) is 5.69 Å². The minimum absolute atomic E-state index is 0.0178. The van der Waals surface area contributed by atoms with Crippen LogP contribution in [-0.2, 0) is 14.3 Å². The Morgan fingerprint density at radius 3 is 2.41 bits per heavy atom. The Bertz CT molecular complexity index is 995. The molecule has 2 aliphatic rings. The monoisotopic (exact) mass is 421 g/mol. The number of esters is 1. The molecule has 2 aromatic carbocycles. The molecule has 0 saturated heterocycles. The molecule has 138 valence electrons. The van der Waals surface area contributed by atoms with E-state index in [-0.39, 0.29) is 18.9 Å². The van der Waals surface area contributed by atoms with Crippen molar-refractivity contribution in [1.29, 1.82) is 0 Å². The molecule has 0 bridgehead atoms. The average molecular weight is 423 g/mol. The maximum atomic E-state index is 13.0. The maximum absolute atomic E-state index is 13.0. The number of carbonyl (C=O) groups is 2. The summed E-state index contributed by atoms with van der Waals surface area (Å²) in [6, 6.07) is 10.5. The van der Waals surface area contributed by atoms with Crippen molar-refractivity contribution in [2.45, 2.75) is 19.3 Å². The smallest absolute Gasteiger partial charge is 0.336 e. The lowest BCUT2D eigenvalue weighted by atomic mass is 9.84. The van der Waals surface area contributed by atoms with Gasteiger partial charge < -0.3 is 4.74 Å². The molecule has 0 spiro atoms. The quantitative estimate of drug-likeness (QED) is 0.618. The molecule has 7 heteroatoms. The Labute approximate surface area is 171 Å². The number of ether oxygens (including phenoxy) is 1. The van der Waals surface area contributed by atoms with Gasteiger partial charge in [-0.25, -0.2) is 4.79 Å². The van der Waals surface area contributed by atoms with Crippen LogP contribution in [-0.4, -0.2) is 18.5 Å². The Balaban J connectivity index is 1.88. The Morgan fingerprint density at radius 2 is 1.74 bits per heavy atom. The topological polar surface area (TPSA) is 46.6 Å². The van der Waals surface area contributed by atoms with Gasteiger partial charge in [-0.3, -0.25) is 9.69 Å². The number of anilines is 1. The predicted molar refractivity (Wildman–Crippen MR) is 105 cm³/mol. The number of rotatable bonds is 2. The number of nitrogens with zero attached hydrogens (tertiary/aromatic N) is 1. The van der Waals surface area contributed by atoms with Gasteiger partial charge in [0.05, 0.1) is 17.0 Å². The van der Waals surface area contributed by atoms with Gasteiger partial charge in [0.1, 0.15) is 6.61 Å². The fourth-order valence-corrected chi connectivity index (χ4v) is 4.40. The molecule has 0 fully saturated rings. The van der Waals surface area contributed by atoms with Crippen molar-refractivity contribution in [3.05, 3.63) is 73.9 Å². The number of carbonyl (C=O) groups excluding carboxylic acids is 2. The van der Waals surface area contributed by atoms with Gasteiger partial charge in [0.2, 0.25) is 5.91 Å². The Kier molecular flexibility index (Phi) is 4.66. The Hall–Kier alpha value is -2.01. The highest BCUT2D eigenvalue weighted by molar-refractivity contribution is 6.36. The molecule has 4 rings (SSSR count). The molecule has 0 aromatic heterocycles. The van der Waals surface area contributed by atoms with Crippen molar-refractivity contribution < 1.29 is 14.3 Å². The molecule has 0 N–H and O–H groups in total. The summed E-state index contributed by atoms with van der Waals surface area (Å²) in [6.45, 7) is 1.90. The highest BCUT2D eigenvalue weighted by atomic mass is 35.5. The first kappa shape index (κ1) is 18.4. The number of aryl methyl sites for hydroxylation is 1. The van der Waals surface area contributed by atoms with Crippen molar-refractivity contribution in [3.8, 4) is 0 Å². The van der Waals surface area contributed by atoms with E-state index in [1.165, 1.54) is 4.90 Å². The zero-order valence-electron chi connectivity index (χ0n) is 14.3. The summed E-state index contributed by atoms with van der Waals surface area (Å²) in [5.74, 6) is -1.17. The van der Waals surface area contributed by atoms with E-state index in [0.29, 0.717) is 37.6 Å². The summed E-state index contributed by atoms with van der Waals surface area (Å²) in [4.78, 5) is 27.0. The zero-order valence-corrected chi connectivity index (χ0v) is 16.5. The first-order valence-electron chi connectivity index (χ1n) is 8.31. The van der Waals surface area contributed by atoms with E-state index in [1.807, 2.05) is 13.0 Å². The molecule has 2 aliphatic heterocycles. The third-order valence-electron chi connectivity index (χ3n) is 4.88. The van der Waals surface area contributed by atoms with E-state index < -0.39 is 11.9 Å². The second-order valence-corrected chi connectivity index (χ2v) is 7.71. The van der Waals surface area contributed by atoms with E-state index >= 15 is 0 Å². The van der Waals surface area contributed by atoms with Crippen LogP contribution >= 0.6 is 34.8 Å². The summed E-state index contributed by atoms with van der Waals surface area (Å²) in [7, 11) is 0. The van der Waals surface area contributed by atoms with Gasteiger partial charge in [-0.15, -0.1) is 0 Å². The van der Waals surface area contributed by atoms with Gasteiger partial charge in [-0.2, -0.15) is 0 Å². The molecule has 0 saturated carbocycles. The van der Waals surface area contributed by atoms with E-state index in [1.54, 1.807) is 30.3 Å². The zero-order chi connectivity index (χ0) is 19.3. The average Bonchev–Trinajstić information content (AvgIpc) is 2.99. The maximum Gasteiger partial charge on any atom is 0.336 e. The van der Waals surface area contributed by atoms with Gasteiger partial charge in [-0.05, 0) is 42.3 Å². The van der Waals surface area contributed by atoms with Crippen molar-refractivity contribution in [2.24, 2.45) is 0 Å². The molecule has 27 heavy (non-hydrogen) atoms. The van der Waals surface area contributed by atoms with Crippen LogP contribution in [0.1, 0.15) is 23.5 Å².